The number of unbranched alkanes of at least 4 members (excludes halogenated alkanes) is 1. The van der Waals surface area contributed by atoms with E-state index in [0.29, 0.717) is 5.92 Å². The highest BCUT2D eigenvalue weighted by molar-refractivity contribution is 5.36. The van der Waals surface area contributed by atoms with Crippen molar-refractivity contribution in [2.75, 3.05) is 7.11 Å². The highest BCUT2D eigenvalue weighted by Crippen LogP contribution is 2.33. The summed E-state index contributed by atoms with van der Waals surface area (Å²) in [6.07, 6.45) is 6.37. The van der Waals surface area contributed by atoms with Crippen LogP contribution in [0.25, 0.3) is 0 Å². The lowest BCUT2D eigenvalue weighted by molar-refractivity contribution is 0.400. The largest absolute Gasteiger partial charge is 0.496 e. The van der Waals surface area contributed by atoms with Gasteiger partial charge in [-0.05, 0) is 30.4 Å². The number of hydrogen-bond acceptors (Lipinski definition) is 1. The maximum absolute atomic E-state index is 5.45. The normalized spacial score (nSPS) is 12.4. The number of benzene rings is 1. The number of methoxy groups -OCH3 is 1. The number of rotatable bonds is 7. The van der Waals surface area contributed by atoms with E-state index in [4.69, 9.17) is 4.74 Å². The van der Waals surface area contributed by atoms with Crippen molar-refractivity contribution in [3.05, 3.63) is 29.8 Å². The minimum Gasteiger partial charge on any atom is -0.496 e. The van der Waals surface area contributed by atoms with Crippen LogP contribution in [0.2, 0.25) is 0 Å². The van der Waals surface area contributed by atoms with Gasteiger partial charge in [0.1, 0.15) is 5.75 Å². The molecule has 1 nitrogen and oxygen atoms in total. The molecule has 1 aromatic carbocycles. The third kappa shape index (κ3) is 3.55. The average molecular weight is 220 g/mol. The molecule has 90 valence electrons. The van der Waals surface area contributed by atoms with Crippen molar-refractivity contribution in [3.63, 3.8) is 0 Å². The average Bonchev–Trinajstić information content (AvgIpc) is 2.34. The Balaban J connectivity index is 2.81. The van der Waals surface area contributed by atoms with Crippen LogP contribution in [0.5, 0.6) is 5.75 Å². The molecule has 0 aliphatic carbocycles. The monoisotopic (exact) mass is 220 g/mol. The van der Waals surface area contributed by atoms with Gasteiger partial charge < -0.3 is 4.74 Å². The topological polar surface area (TPSA) is 9.23 Å². The van der Waals surface area contributed by atoms with E-state index in [9.17, 15) is 0 Å². The standard InChI is InChI=1S/C15H24O/c1-4-6-10-13(9-5-2)14-11-7-8-12-15(14)16-3/h7-8,11-13H,4-6,9-10H2,1-3H3. The third-order valence-electron chi connectivity index (χ3n) is 3.12. The molecule has 1 heteroatoms. The van der Waals surface area contributed by atoms with Gasteiger partial charge in [0, 0.05) is 0 Å². The maximum atomic E-state index is 5.45. The zero-order valence-electron chi connectivity index (χ0n) is 10.8. The molecule has 1 rings (SSSR count). The number of hydrogen-bond donors (Lipinski definition) is 0. The van der Waals surface area contributed by atoms with E-state index in [1.54, 1.807) is 7.11 Å². The van der Waals surface area contributed by atoms with E-state index < -0.39 is 0 Å². The second-order valence-corrected chi connectivity index (χ2v) is 4.37. The first-order chi connectivity index (χ1) is 7.83. The molecule has 0 N–H and O–H groups in total. The van der Waals surface area contributed by atoms with Crippen molar-refractivity contribution in [3.8, 4) is 5.75 Å². The van der Waals surface area contributed by atoms with E-state index in [-0.39, 0.29) is 0 Å². The highest BCUT2D eigenvalue weighted by Gasteiger charge is 2.14. The molecule has 0 heterocycles. The van der Waals surface area contributed by atoms with Gasteiger partial charge >= 0.3 is 0 Å². The molecular formula is C15H24O. The molecule has 16 heavy (non-hydrogen) atoms. The van der Waals surface area contributed by atoms with Gasteiger partial charge in [-0.25, -0.2) is 0 Å². The lowest BCUT2D eigenvalue weighted by Crippen LogP contribution is -2.01. The molecule has 0 fully saturated rings. The van der Waals surface area contributed by atoms with E-state index in [1.165, 1.54) is 37.7 Å². The Kier molecular flexibility index (Phi) is 5.99. The summed E-state index contributed by atoms with van der Waals surface area (Å²) in [6, 6.07) is 8.45. The van der Waals surface area contributed by atoms with E-state index in [2.05, 4.69) is 32.0 Å². The minimum atomic E-state index is 0.668. The van der Waals surface area contributed by atoms with Crippen molar-refractivity contribution in [2.45, 2.75) is 51.9 Å². The van der Waals surface area contributed by atoms with Crippen molar-refractivity contribution in [1.29, 1.82) is 0 Å². The van der Waals surface area contributed by atoms with Crippen LogP contribution in [0.15, 0.2) is 24.3 Å². The first-order valence-electron chi connectivity index (χ1n) is 6.46. The zero-order chi connectivity index (χ0) is 11.8. The quantitative estimate of drug-likeness (QED) is 0.643. The molecule has 1 aromatic rings. The molecule has 0 saturated heterocycles. The first-order valence-corrected chi connectivity index (χ1v) is 6.46. The van der Waals surface area contributed by atoms with Gasteiger partial charge in [0.2, 0.25) is 0 Å². The molecular weight excluding hydrogens is 196 g/mol. The maximum Gasteiger partial charge on any atom is 0.122 e. The van der Waals surface area contributed by atoms with Gasteiger partial charge in [-0.3, -0.25) is 0 Å². The molecule has 1 unspecified atom stereocenters. The second-order valence-electron chi connectivity index (χ2n) is 4.37. The van der Waals surface area contributed by atoms with Crippen molar-refractivity contribution in [1.82, 2.24) is 0 Å². The predicted octanol–water partition coefficient (Wildman–Crippen LogP) is 4.77. The molecule has 0 spiro atoms. The predicted molar refractivity (Wildman–Crippen MR) is 70.2 cm³/mol. The van der Waals surface area contributed by atoms with Gasteiger partial charge in [0.15, 0.2) is 0 Å². The van der Waals surface area contributed by atoms with E-state index in [0.717, 1.165) is 5.75 Å². The molecule has 0 saturated carbocycles. The van der Waals surface area contributed by atoms with Crippen molar-refractivity contribution < 1.29 is 4.74 Å². The minimum absolute atomic E-state index is 0.668. The first kappa shape index (κ1) is 13.1. The van der Waals surface area contributed by atoms with Crippen LogP contribution in [0.3, 0.4) is 0 Å². The Hall–Kier alpha value is -0.980. The summed E-state index contributed by atoms with van der Waals surface area (Å²) in [5.41, 5.74) is 1.39. The summed E-state index contributed by atoms with van der Waals surface area (Å²) in [5, 5.41) is 0. The molecule has 0 radical (unpaired) electrons. The number of para-hydroxylation sites is 1. The smallest absolute Gasteiger partial charge is 0.122 e. The van der Waals surface area contributed by atoms with Gasteiger partial charge in [-0.1, -0.05) is 51.3 Å². The summed E-state index contributed by atoms with van der Waals surface area (Å²) in [5.74, 6) is 1.72. The third-order valence-corrected chi connectivity index (χ3v) is 3.12. The van der Waals surface area contributed by atoms with Gasteiger partial charge in [-0.2, -0.15) is 0 Å². The second kappa shape index (κ2) is 7.32. The summed E-state index contributed by atoms with van der Waals surface area (Å²) >= 11 is 0. The molecule has 0 amide bonds. The molecule has 0 aliphatic rings. The Morgan fingerprint density at radius 3 is 2.44 bits per heavy atom. The van der Waals surface area contributed by atoms with Crippen LogP contribution >= 0.6 is 0 Å². The van der Waals surface area contributed by atoms with Crippen LogP contribution in [-0.4, -0.2) is 7.11 Å². The Bertz CT molecular complexity index is 293. The summed E-state index contributed by atoms with van der Waals surface area (Å²) in [4.78, 5) is 0. The van der Waals surface area contributed by atoms with Crippen molar-refractivity contribution >= 4 is 0 Å². The fourth-order valence-electron chi connectivity index (χ4n) is 2.26. The Morgan fingerprint density at radius 1 is 1.06 bits per heavy atom. The zero-order valence-corrected chi connectivity index (χ0v) is 10.8. The Morgan fingerprint density at radius 2 is 1.81 bits per heavy atom. The highest BCUT2D eigenvalue weighted by atomic mass is 16.5. The summed E-state index contributed by atoms with van der Waals surface area (Å²) in [7, 11) is 1.77. The summed E-state index contributed by atoms with van der Waals surface area (Å²) in [6.45, 7) is 4.51. The van der Waals surface area contributed by atoms with Gasteiger partial charge in [0.25, 0.3) is 0 Å². The van der Waals surface area contributed by atoms with Gasteiger partial charge in [0.05, 0.1) is 7.11 Å². The van der Waals surface area contributed by atoms with Crippen LogP contribution < -0.4 is 4.74 Å². The molecule has 0 aromatic heterocycles. The lowest BCUT2D eigenvalue weighted by Gasteiger charge is -2.19. The van der Waals surface area contributed by atoms with Crippen LogP contribution in [0.1, 0.15) is 57.4 Å². The van der Waals surface area contributed by atoms with Crippen LogP contribution in [-0.2, 0) is 0 Å². The van der Waals surface area contributed by atoms with E-state index in [1.807, 2.05) is 6.07 Å². The fraction of sp³-hybridized carbons (Fsp3) is 0.600. The Labute approximate surface area is 99.8 Å². The number of ether oxygens (including phenoxy) is 1. The van der Waals surface area contributed by atoms with E-state index >= 15 is 0 Å². The van der Waals surface area contributed by atoms with Crippen LogP contribution in [0, 0.1) is 0 Å². The SMILES string of the molecule is CCCCC(CCC)c1ccccc1OC. The summed E-state index contributed by atoms with van der Waals surface area (Å²) < 4.78 is 5.45. The fourth-order valence-corrected chi connectivity index (χ4v) is 2.26. The van der Waals surface area contributed by atoms with Crippen molar-refractivity contribution in [2.24, 2.45) is 0 Å². The lowest BCUT2D eigenvalue weighted by atomic mass is 9.89. The molecule has 0 aliphatic heterocycles. The van der Waals surface area contributed by atoms with Crippen LogP contribution in [0.4, 0.5) is 0 Å². The molecule has 1 atom stereocenters. The molecule has 0 bridgehead atoms. The van der Waals surface area contributed by atoms with Gasteiger partial charge in [-0.15, -0.1) is 0 Å².